The fraction of sp³-hybridized carbons (Fsp3) is 0.786. The lowest BCUT2D eigenvalue weighted by Crippen LogP contribution is -2.38. The zero-order valence-corrected chi connectivity index (χ0v) is 12.8. The molecule has 1 aliphatic carbocycles. The van der Waals surface area contributed by atoms with Crippen LogP contribution >= 0.6 is 15.9 Å². The van der Waals surface area contributed by atoms with Crippen LogP contribution in [0.25, 0.3) is 0 Å². The number of hydrogen-bond acceptors (Lipinski definition) is 3. The minimum atomic E-state index is -0.661. The van der Waals surface area contributed by atoms with Crippen LogP contribution in [-0.4, -0.2) is 28.7 Å². The van der Waals surface area contributed by atoms with E-state index in [1.54, 1.807) is 0 Å². The summed E-state index contributed by atoms with van der Waals surface area (Å²) in [6.45, 7) is 6.32. The van der Waals surface area contributed by atoms with E-state index in [1.807, 2.05) is 19.9 Å². The highest BCUT2D eigenvalue weighted by Crippen LogP contribution is 2.49. The minimum Gasteiger partial charge on any atom is -0.390 e. The highest BCUT2D eigenvalue weighted by Gasteiger charge is 2.59. The van der Waals surface area contributed by atoms with Crippen molar-refractivity contribution in [1.82, 2.24) is 0 Å². The second kappa shape index (κ2) is 4.73. The average molecular weight is 317 g/mol. The van der Waals surface area contributed by atoms with Crippen molar-refractivity contribution in [2.24, 2.45) is 11.8 Å². The van der Waals surface area contributed by atoms with E-state index in [4.69, 9.17) is 4.74 Å². The maximum atomic E-state index is 12.0. The fourth-order valence-electron chi connectivity index (χ4n) is 3.00. The minimum absolute atomic E-state index is 0.121. The van der Waals surface area contributed by atoms with Crippen LogP contribution in [0.1, 0.15) is 40.0 Å². The van der Waals surface area contributed by atoms with Crippen LogP contribution in [-0.2, 0) is 9.53 Å². The van der Waals surface area contributed by atoms with Gasteiger partial charge in [0.25, 0.3) is 0 Å². The summed E-state index contributed by atoms with van der Waals surface area (Å²) in [6.07, 6.45) is 4.02. The van der Waals surface area contributed by atoms with Gasteiger partial charge in [-0.15, -0.1) is 0 Å². The van der Waals surface area contributed by atoms with Crippen molar-refractivity contribution >= 4 is 21.7 Å². The van der Waals surface area contributed by atoms with E-state index in [1.165, 1.54) is 0 Å². The topological polar surface area (TPSA) is 49.8 Å². The Labute approximate surface area is 117 Å². The van der Waals surface area contributed by atoms with E-state index in [9.17, 15) is 9.90 Å². The molecule has 3 nitrogen and oxygen atoms in total. The van der Waals surface area contributed by atoms with Crippen LogP contribution in [0.4, 0.5) is 0 Å². The summed E-state index contributed by atoms with van der Waals surface area (Å²) in [5, 5.41) is 9.86. The van der Waals surface area contributed by atoms with Crippen LogP contribution in [0.15, 0.2) is 10.6 Å². The SMILES string of the molecule is CC(CC1C(Br)=CCC(=O)[C@]12CO2)CC(C)(C)O. The van der Waals surface area contributed by atoms with Gasteiger partial charge in [0.1, 0.15) is 0 Å². The van der Waals surface area contributed by atoms with Crippen molar-refractivity contribution in [3.8, 4) is 0 Å². The predicted molar refractivity (Wildman–Crippen MR) is 73.5 cm³/mol. The van der Waals surface area contributed by atoms with Gasteiger partial charge in [-0.3, -0.25) is 4.79 Å². The van der Waals surface area contributed by atoms with Gasteiger partial charge in [-0.2, -0.15) is 0 Å². The third kappa shape index (κ3) is 2.86. The van der Waals surface area contributed by atoms with Gasteiger partial charge in [0.05, 0.1) is 12.2 Å². The highest BCUT2D eigenvalue weighted by molar-refractivity contribution is 9.11. The molecule has 4 heteroatoms. The molecule has 0 bridgehead atoms. The third-order valence-corrected chi connectivity index (χ3v) is 4.67. The molecule has 1 aliphatic heterocycles. The molecule has 1 fully saturated rings. The van der Waals surface area contributed by atoms with Crippen molar-refractivity contribution in [1.29, 1.82) is 0 Å². The Morgan fingerprint density at radius 3 is 2.78 bits per heavy atom. The monoisotopic (exact) mass is 316 g/mol. The lowest BCUT2D eigenvalue weighted by Gasteiger charge is -2.31. The summed E-state index contributed by atoms with van der Waals surface area (Å²) in [6, 6.07) is 0. The van der Waals surface area contributed by atoms with Crippen molar-refractivity contribution in [3.63, 3.8) is 0 Å². The van der Waals surface area contributed by atoms with Gasteiger partial charge in [0.2, 0.25) is 0 Å². The number of hydrogen-bond donors (Lipinski definition) is 1. The molecule has 1 saturated heterocycles. The number of Topliss-reactive ketones (excluding diaryl/α,β-unsaturated/α-hetero) is 1. The predicted octanol–water partition coefficient (Wildman–Crippen LogP) is 2.81. The number of rotatable bonds is 4. The summed E-state index contributed by atoms with van der Waals surface area (Å²) in [7, 11) is 0. The van der Waals surface area contributed by atoms with Gasteiger partial charge in [-0.05, 0) is 37.1 Å². The van der Waals surface area contributed by atoms with Crippen molar-refractivity contribution in [2.45, 2.75) is 51.2 Å². The number of epoxide rings is 1. The molecule has 18 heavy (non-hydrogen) atoms. The molecule has 0 radical (unpaired) electrons. The van der Waals surface area contributed by atoms with E-state index in [2.05, 4.69) is 22.9 Å². The van der Waals surface area contributed by atoms with Gasteiger partial charge in [0.15, 0.2) is 11.4 Å². The average Bonchev–Trinajstić information content (AvgIpc) is 2.98. The van der Waals surface area contributed by atoms with Crippen LogP contribution in [0.5, 0.6) is 0 Å². The largest absolute Gasteiger partial charge is 0.390 e. The normalized spacial score (nSPS) is 33.5. The first-order valence-corrected chi connectivity index (χ1v) is 7.29. The molecule has 2 rings (SSSR count). The highest BCUT2D eigenvalue weighted by atomic mass is 79.9. The molecule has 1 spiro atoms. The summed E-state index contributed by atoms with van der Waals surface area (Å²) in [5.41, 5.74) is -1.21. The molecule has 0 amide bonds. The molecule has 102 valence electrons. The molecule has 0 aromatic heterocycles. The third-order valence-electron chi connectivity index (χ3n) is 3.79. The fourth-order valence-corrected chi connectivity index (χ4v) is 3.72. The number of ether oxygens (including phenoxy) is 1. The molecule has 1 N–H and O–H groups in total. The zero-order chi connectivity index (χ0) is 13.6. The maximum Gasteiger partial charge on any atom is 0.171 e. The Kier molecular flexibility index (Phi) is 3.74. The molecule has 2 aliphatic rings. The van der Waals surface area contributed by atoms with E-state index < -0.39 is 11.2 Å². The number of carbonyl (C=O) groups is 1. The second-order valence-corrected chi connectivity index (χ2v) is 7.22. The van der Waals surface area contributed by atoms with Gasteiger partial charge in [0, 0.05) is 12.3 Å². The standard InChI is InChI=1S/C14H21BrO3/c1-9(7-13(2,3)17)6-10-11(15)4-5-12(16)14(10)8-18-14/h4,9-10,17H,5-8H2,1-3H3/t9?,10?,14-/m0/s1. The number of aliphatic hydroxyl groups is 1. The lowest BCUT2D eigenvalue weighted by molar-refractivity contribution is -0.125. The van der Waals surface area contributed by atoms with Gasteiger partial charge in [-0.25, -0.2) is 0 Å². The van der Waals surface area contributed by atoms with Crippen LogP contribution < -0.4 is 0 Å². The van der Waals surface area contributed by atoms with Gasteiger partial charge < -0.3 is 9.84 Å². The Morgan fingerprint density at radius 2 is 2.28 bits per heavy atom. The molecule has 0 aromatic carbocycles. The second-order valence-electron chi connectivity index (χ2n) is 6.30. The smallest absolute Gasteiger partial charge is 0.171 e. The molecular weight excluding hydrogens is 296 g/mol. The number of halogens is 1. The molecule has 0 aromatic rings. The van der Waals surface area contributed by atoms with Crippen molar-refractivity contribution in [3.05, 3.63) is 10.6 Å². The van der Waals surface area contributed by atoms with E-state index in [-0.39, 0.29) is 11.7 Å². The Bertz CT molecular complexity index is 377. The van der Waals surface area contributed by atoms with E-state index in [0.717, 1.165) is 17.3 Å². The molecule has 1 heterocycles. The van der Waals surface area contributed by atoms with Crippen molar-refractivity contribution in [2.75, 3.05) is 6.61 Å². The van der Waals surface area contributed by atoms with E-state index in [0.29, 0.717) is 18.9 Å². The zero-order valence-electron chi connectivity index (χ0n) is 11.2. The van der Waals surface area contributed by atoms with Gasteiger partial charge in [-0.1, -0.05) is 28.9 Å². The maximum absolute atomic E-state index is 12.0. The molecule has 0 saturated carbocycles. The first-order valence-electron chi connectivity index (χ1n) is 6.50. The van der Waals surface area contributed by atoms with Crippen molar-refractivity contribution < 1.29 is 14.6 Å². The Hall–Kier alpha value is -0.190. The number of carbonyl (C=O) groups excluding carboxylic acids is 1. The quantitative estimate of drug-likeness (QED) is 0.811. The van der Waals surface area contributed by atoms with Crippen LogP contribution in [0.3, 0.4) is 0 Å². The first-order chi connectivity index (χ1) is 8.24. The summed E-state index contributed by atoms with van der Waals surface area (Å²) in [4.78, 5) is 12.0. The van der Waals surface area contributed by atoms with E-state index >= 15 is 0 Å². The van der Waals surface area contributed by atoms with Crippen LogP contribution in [0, 0.1) is 11.8 Å². The van der Waals surface area contributed by atoms with Gasteiger partial charge >= 0.3 is 0 Å². The Balaban J connectivity index is 2.05. The number of allylic oxidation sites excluding steroid dienone is 1. The Morgan fingerprint density at radius 1 is 1.67 bits per heavy atom. The molecular formula is C14H21BrO3. The molecule has 2 unspecified atom stereocenters. The summed E-state index contributed by atoms with van der Waals surface area (Å²) >= 11 is 3.57. The number of ketones is 1. The first kappa shape index (κ1) is 14.2. The summed E-state index contributed by atoms with van der Waals surface area (Å²) < 4.78 is 6.57. The molecule has 3 atom stereocenters. The lowest BCUT2D eigenvalue weighted by atomic mass is 9.76. The van der Waals surface area contributed by atoms with Crippen LogP contribution in [0.2, 0.25) is 0 Å². The summed E-state index contributed by atoms with van der Waals surface area (Å²) in [5.74, 6) is 0.671.